The van der Waals surface area contributed by atoms with Gasteiger partial charge in [-0.1, -0.05) is 19.3 Å². The molecule has 1 aliphatic heterocycles. The minimum absolute atomic E-state index is 0.0216. The topological polar surface area (TPSA) is 89.9 Å². The van der Waals surface area contributed by atoms with Gasteiger partial charge in [0.2, 0.25) is 0 Å². The van der Waals surface area contributed by atoms with Crippen molar-refractivity contribution in [2.45, 2.75) is 57.1 Å². The fraction of sp³-hybridized carbons (Fsp3) is 0.857. The minimum atomic E-state index is -0.962. The molecule has 0 aromatic rings. The average molecular weight is 284 g/mol. The molecular formula is C14H24N2O4. The third-order valence-electron chi connectivity index (χ3n) is 4.41. The van der Waals surface area contributed by atoms with Gasteiger partial charge in [-0.25, -0.2) is 9.59 Å². The van der Waals surface area contributed by atoms with Crippen LogP contribution in [-0.2, 0) is 4.79 Å². The number of hydrogen-bond donors (Lipinski definition) is 3. The van der Waals surface area contributed by atoms with Crippen molar-refractivity contribution in [1.82, 2.24) is 10.2 Å². The summed E-state index contributed by atoms with van der Waals surface area (Å²) in [5, 5.41) is 21.8. The minimum Gasteiger partial charge on any atom is -0.480 e. The molecule has 2 unspecified atom stereocenters. The van der Waals surface area contributed by atoms with Crippen molar-refractivity contribution < 1.29 is 19.8 Å². The molecule has 2 aliphatic rings. The molecule has 114 valence electrons. The van der Waals surface area contributed by atoms with Crippen LogP contribution in [0.25, 0.3) is 0 Å². The molecule has 1 heterocycles. The Kier molecular flexibility index (Phi) is 4.52. The standard InChI is InChI=1S/C14H24N2O4/c1-14(20)7-8-16(9-14)13(19)15-11(12(17)18)10-5-3-2-4-6-10/h10-11,20H,2-9H2,1H3,(H,15,19)(H,17,18). The van der Waals surface area contributed by atoms with E-state index < -0.39 is 17.6 Å². The first-order valence-corrected chi connectivity index (χ1v) is 7.40. The predicted molar refractivity (Wildman–Crippen MR) is 73.3 cm³/mol. The highest BCUT2D eigenvalue weighted by atomic mass is 16.4. The number of carbonyl (C=O) groups excluding carboxylic acids is 1. The summed E-state index contributed by atoms with van der Waals surface area (Å²) in [4.78, 5) is 25.0. The number of rotatable bonds is 3. The van der Waals surface area contributed by atoms with E-state index in [0.717, 1.165) is 32.1 Å². The van der Waals surface area contributed by atoms with E-state index in [1.54, 1.807) is 6.92 Å². The van der Waals surface area contributed by atoms with Crippen LogP contribution in [0.2, 0.25) is 0 Å². The fourth-order valence-electron chi connectivity index (χ4n) is 3.19. The Morgan fingerprint density at radius 2 is 1.95 bits per heavy atom. The van der Waals surface area contributed by atoms with E-state index in [4.69, 9.17) is 0 Å². The van der Waals surface area contributed by atoms with E-state index in [1.165, 1.54) is 4.90 Å². The Morgan fingerprint density at radius 3 is 2.45 bits per heavy atom. The third kappa shape index (κ3) is 3.62. The van der Waals surface area contributed by atoms with Crippen LogP contribution in [0, 0.1) is 5.92 Å². The van der Waals surface area contributed by atoms with Crippen molar-refractivity contribution in [2.24, 2.45) is 5.92 Å². The smallest absolute Gasteiger partial charge is 0.326 e. The summed E-state index contributed by atoms with van der Waals surface area (Å²) >= 11 is 0. The van der Waals surface area contributed by atoms with Crippen molar-refractivity contribution in [3.63, 3.8) is 0 Å². The SMILES string of the molecule is CC1(O)CCN(C(=O)NC(C(=O)O)C2CCCCC2)C1. The normalized spacial score (nSPS) is 29.2. The first-order valence-electron chi connectivity index (χ1n) is 7.40. The molecule has 6 heteroatoms. The van der Waals surface area contributed by atoms with Crippen LogP contribution >= 0.6 is 0 Å². The zero-order chi connectivity index (χ0) is 14.8. The molecule has 0 bridgehead atoms. The van der Waals surface area contributed by atoms with E-state index >= 15 is 0 Å². The number of carbonyl (C=O) groups is 2. The van der Waals surface area contributed by atoms with Gasteiger partial charge in [0.05, 0.1) is 12.1 Å². The van der Waals surface area contributed by atoms with Gasteiger partial charge in [0.1, 0.15) is 6.04 Å². The number of urea groups is 1. The Morgan fingerprint density at radius 1 is 1.30 bits per heavy atom. The highest BCUT2D eigenvalue weighted by Crippen LogP contribution is 2.27. The van der Waals surface area contributed by atoms with Crippen LogP contribution in [-0.4, -0.2) is 51.8 Å². The number of likely N-dealkylation sites (tertiary alicyclic amines) is 1. The lowest BCUT2D eigenvalue weighted by Gasteiger charge is -2.29. The zero-order valence-electron chi connectivity index (χ0n) is 12.0. The molecule has 0 spiro atoms. The number of β-amino-alcohol motifs (C(OH)–C–C–N with tert-alkyl or cyclic N) is 1. The molecule has 0 aromatic carbocycles. The first kappa shape index (κ1) is 15.1. The first-order chi connectivity index (χ1) is 9.39. The van der Waals surface area contributed by atoms with Crippen molar-refractivity contribution in [2.75, 3.05) is 13.1 Å². The Bertz CT molecular complexity index is 377. The van der Waals surface area contributed by atoms with Crippen LogP contribution in [0.15, 0.2) is 0 Å². The van der Waals surface area contributed by atoms with Gasteiger partial charge in [0, 0.05) is 6.54 Å². The lowest BCUT2D eigenvalue weighted by Crippen LogP contribution is -2.51. The second-order valence-electron chi connectivity index (χ2n) is 6.33. The van der Waals surface area contributed by atoms with E-state index in [9.17, 15) is 19.8 Å². The number of aliphatic carboxylic acids is 1. The quantitative estimate of drug-likeness (QED) is 0.726. The number of amides is 2. The van der Waals surface area contributed by atoms with E-state index in [-0.39, 0.29) is 18.5 Å². The van der Waals surface area contributed by atoms with Crippen molar-refractivity contribution in [3.05, 3.63) is 0 Å². The monoisotopic (exact) mass is 284 g/mol. The molecule has 2 atom stereocenters. The van der Waals surface area contributed by atoms with Gasteiger partial charge in [-0.15, -0.1) is 0 Å². The fourth-order valence-corrected chi connectivity index (χ4v) is 3.19. The number of hydrogen-bond acceptors (Lipinski definition) is 3. The summed E-state index contributed by atoms with van der Waals surface area (Å²) < 4.78 is 0. The zero-order valence-corrected chi connectivity index (χ0v) is 12.0. The van der Waals surface area contributed by atoms with Crippen molar-refractivity contribution in [3.8, 4) is 0 Å². The molecule has 20 heavy (non-hydrogen) atoms. The Labute approximate surface area is 119 Å². The Hall–Kier alpha value is -1.30. The maximum Gasteiger partial charge on any atom is 0.326 e. The van der Waals surface area contributed by atoms with E-state index in [0.29, 0.717) is 13.0 Å². The summed E-state index contributed by atoms with van der Waals surface area (Å²) in [6.07, 6.45) is 5.45. The number of carboxylic acid groups (broad SMARTS) is 1. The number of carboxylic acids is 1. The summed E-state index contributed by atoms with van der Waals surface area (Å²) in [6.45, 7) is 2.42. The second kappa shape index (κ2) is 5.99. The third-order valence-corrected chi connectivity index (χ3v) is 4.41. The molecule has 0 radical (unpaired) electrons. The number of nitrogens with one attached hydrogen (secondary N) is 1. The summed E-state index contributed by atoms with van der Waals surface area (Å²) in [7, 11) is 0. The molecule has 1 saturated carbocycles. The maximum absolute atomic E-state index is 12.1. The van der Waals surface area contributed by atoms with Crippen LogP contribution in [0.1, 0.15) is 45.4 Å². The van der Waals surface area contributed by atoms with Crippen LogP contribution in [0.4, 0.5) is 4.79 Å². The highest BCUT2D eigenvalue weighted by Gasteiger charge is 2.37. The Balaban J connectivity index is 1.94. The van der Waals surface area contributed by atoms with E-state index in [1.807, 2.05) is 0 Å². The van der Waals surface area contributed by atoms with Gasteiger partial charge in [-0.05, 0) is 32.1 Å². The van der Waals surface area contributed by atoms with Crippen molar-refractivity contribution in [1.29, 1.82) is 0 Å². The van der Waals surface area contributed by atoms with Crippen molar-refractivity contribution >= 4 is 12.0 Å². The summed E-state index contributed by atoms with van der Waals surface area (Å²) in [6, 6.07) is -1.19. The van der Waals surface area contributed by atoms with Gasteiger partial charge in [0.15, 0.2) is 0 Å². The van der Waals surface area contributed by atoms with Crippen LogP contribution in [0.5, 0.6) is 0 Å². The van der Waals surface area contributed by atoms with Gasteiger partial charge in [-0.2, -0.15) is 0 Å². The average Bonchev–Trinajstić information content (AvgIpc) is 2.77. The molecule has 3 N–H and O–H groups in total. The summed E-state index contributed by atoms with van der Waals surface area (Å²) in [5.41, 5.74) is -0.860. The van der Waals surface area contributed by atoms with Gasteiger partial charge < -0.3 is 20.4 Å². The van der Waals surface area contributed by atoms with Crippen LogP contribution in [0.3, 0.4) is 0 Å². The predicted octanol–water partition coefficient (Wildman–Crippen LogP) is 1.19. The molecule has 6 nitrogen and oxygen atoms in total. The van der Waals surface area contributed by atoms with Gasteiger partial charge in [-0.3, -0.25) is 0 Å². The van der Waals surface area contributed by atoms with Crippen LogP contribution < -0.4 is 5.32 Å². The molecule has 2 rings (SSSR count). The molecular weight excluding hydrogens is 260 g/mol. The summed E-state index contributed by atoms with van der Waals surface area (Å²) in [5.74, 6) is -0.940. The second-order valence-corrected chi connectivity index (χ2v) is 6.33. The molecule has 1 saturated heterocycles. The van der Waals surface area contributed by atoms with E-state index in [2.05, 4.69) is 5.32 Å². The lowest BCUT2D eigenvalue weighted by molar-refractivity contribution is -0.141. The number of nitrogens with zero attached hydrogens (tertiary/aromatic N) is 1. The van der Waals surface area contributed by atoms with Gasteiger partial charge in [0.25, 0.3) is 0 Å². The molecule has 0 aromatic heterocycles. The molecule has 1 aliphatic carbocycles. The molecule has 2 amide bonds. The molecule has 2 fully saturated rings. The largest absolute Gasteiger partial charge is 0.480 e. The maximum atomic E-state index is 12.1. The number of aliphatic hydroxyl groups is 1. The highest BCUT2D eigenvalue weighted by molar-refractivity contribution is 5.83. The van der Waals surface area contributed by atoms with Gasteiger partial charge >= 0.3 is 12.0 Å². The lowest BCUT2D eigenvalue weighted by atomic mass is 9.84.